The Hall–Kier alpha value is -0.780. The Morgan fingerprint density at radius 2 is 2.06 bits per heavy atom. The van der Waals surface area contributed by atoms with Crippen LogP contribution >= 0.6 is 0 Å². The molecule has 2 aliphatic heterocycles. The van der Waals surface area contributed by atoms with Crippen molar-refractivity contribution in [2.24, 2.45) is 0 Å². The summed E-state index contributed by atoms with van der Waals surface area (Å²) in [6.07, 6.45) is 5.70. The fourth-order valence-corrected chi connectivity index (χ4v) is 4.43. The van der Waals surface area contributed by atoms with Gasteiger partial charge in [0.25, 0.3) is 0 Å². The average Bonchev–Trinajstić information content (AvgIpc) is 2.57. The van der Waals surface area contributed by atoms with Crippen LogP contribution in [0.1, 0.15) is 18.4 Å². The van der Waals surface area contributed by atoms with Crippen LogP contribution < -0.4 is 0 Å². The SMILES string of the molecule is CN1CCC2(CC1)c1cnccc1S(=O)N2C. The van der Waals surface area contributed by atoms with E-state index in [1.165, 1.54) is 5.56 Å². The molecule has 92 valence electrons. The van der Waals surface area contributed by atoms with Crippen molar-refractivity contribution in [3.8, 4) is 0 Å². The lowest BCUT2D eigenvalue weighted by molar-refractivity contribution is 0.112. The first-order chi connectivity index (χ1) is 8.15. The van der Waals surface area contributed by atoms with E-state index in [1.807, 2.05) is 23.6 Å². The van der Waals surface area contributed by atoms with Gasteiger partial charge >= 0.3 is 0 Å². The maximum atomic E-state index is 12.3. The Balaban J connectivity index is 2.09. The van der Waals surface area contributed by atoms with Crippen LogP contribution in [-0.4, -0.2) is 45.6 Å². The van der Waals surface area contributed by atoms with Crippen LogP contribution in [0, 0.1) is 0 Å². The summed E-state index contributed by atoms with van der Waals surface area (Å²) >= 11 is 0. The second-order valence-corrected chi connectivity index (χ2v) is 6.44. The molecule has 1 unspecified atom stereocenters. The Kier molecular flexibility index (Phi) is 2.57. The number of hydrogen-bond donors (Lipinski definition) is 0. The first kappa shape index (κ1) is 11.3. The molecule has 0 N–H and O–H groups in total. The Morgan fingerprint density at radius 1 is 1.35 bits per heavy atom. The van der Waals surface area contributed by atoms with Gasteiger partial charge in [-0.15, -0.1) is 0 Å². The van der Waals surface area contributed by atoms with Gasteiger partial charge in [-0.2, -0.15) is 0 Å². The second-order valence-electron chi connectivity index (χ2n) is 4.95. The predicted molar refractivity (Wildman–Crippen MR) is 66.8 cm³/mol. The molecular weight excluding hydrogens is 234 g/mol. The van der Waals surface area contributed by atoms with Gasteiger partial charge in [-0.1, -0.05) is 0 Å². The number of pyridine rings is 1. The van der Waals surface area contributed by atoms with Crippen molar-refractivity contribution in [2.45, 2.75) is 23.3 Å². The monoisotopic (exact) mass is 251 g/mol. The van der Waals surface area contributed by atoms with Gasteiger partial charge in [0.2, 0.25) is 0 Å². The van der Waals surface area contributed by atoms with E-state index in [1.54, 1.807) is 6.20 Å². The molecule has 1 aromatic heterocycles. The molecule has 0 radical (unpaired) electrons. The van der Waals surface area contributed by atoms with Crippen LogP contribution in [0.3, 0.4) is 0 Å². The number of hydrogen-bond acceptors (Lipinski definition) is 3. The van der Waals surface area contributed by atoms with Crippen molar-refractivity contribution in [1.29, 1.82) is 0 Å². The summed E-state index contributed by atoms with van der Waals surface area (Å²) in [5.41, 5.74) is 1.12. The molecule has 1 atom stereocenters. The van der Waals surface area contributed by atoms with Gasteiger partial charge in [0, 0.05) is 25.0 Å². The fourth-order valence-electron chi connectivity index (χ4n) is 2.93. The molecule has 1 aromatic rings. The van der Waals surface area contributed by atoms with Crippen LogP contribution in [0.2, 0.25) is 0 Å². The highest BCUT2D eigenvalue weighted by Crippen LogP contribution is 2.46. The third-order valence-electron chi connectivity index (χ3n) is 4.14. The summed E-state index contributed by atoms with van der Waals surface area (Å²) in [5, 5.41) is 0. The molecule has 3 rings (SSSR count). The highest BCUT2D eigenvalue weighted by molar-refractivity contribution is 7.83. The van der Waals surface area contributed by atoms with Gasteiger partial charge in [0.1, 0.15) is 11.0 Å². The van der Waals surface area contributed by atoms with E-state index in [4.69, 9.17) is 0 Å². The lowest BCUT2D eigenvalue weighted by atomic mass is 9.82. The highest BCUT2D eigenvalue weighted by atomic mass is 32.2. The molecule has 5 heteroatoms. The van der Waals surface area contributed by atoms with Gasteiger partial charge in [-0.25, -0.2) is 8.51 Å². The van der Waals surface area contributed by atoms with Gasteiger partial charge < -0.3 is 4.90 Å². The largest absolute Gasteiger partial charge is 0.306 e. The number of fused-ring (bicyclic) bond motifs is 2. The quantitative estimate of drug-likeness (QED) is 0.689. The third-order valence-corrected chi connectivity index (χ3v) is 5.72. The van der Waals surface area contributed by atoms with Crippen LogP contribution in [0.4, 0.5) is 0 Å². The first-order valence-corrected chi connectivity index (χ1v) is 7.04. The Morgan fingerprint density at radius 3 is 2.76 bits per heavy atom. The summed E-state index contributed by atoms with van der Waals surface area (Å²) in [4.78, 5) is 7.50. The zero-order valence-corrected chi connectivity index (χ0v) is 11.0. The van der Waals surface area contributed by atoms with Crippen LogP contribution in [-0.2, 0) is 16.5 Å². The van der Waals surface area contributed by atoms with Crippen LogP contribution in [0.15, 0.2) is 23.4 Å². The molecule has 4 nitrogen and oxygen atoms in total. The van der Waals surface area contributed by atoms with Crippen molar-refractivity contribution in [3.63, 3.8) is 0 Å². The molecule has 1 spiro atoms. The minimum absolute atomic E-state index is 0.0546. The highest BCUT2D eigenvalue weighted by Gasteiger charge is 2.48. The van der Waals surface area contributed by atoms with Crippen molar-refractivity contribution in [2.75, 3.05) is 27.2 Å². The Bertz CT molecular complexity index is 469. The summed E-state index contributed by atoms with van der Waals surface area (Å²) in [6, 6.07) is 1.90. The molecule has 3 heterocycles. The number of aromatic nitrogens is 1. The molecule has 0 aliphatic carbocycles. The van der Waals surface area contributed by atoms with E-state index >= 15 is 0 Å². The van der Waals surface area contributed by atoms with Crippen molar-refractivity contribution < 1.29 is 4.21 Å². The maximum absolute atomic E-state index is 12.3. The van der Waals surface area contributed by atoms with E-state index in [9.17, 15) is 4.21 Å². The van der Waals surface area contributed by atoms with Crippen LogP contribution in [0.5, 0.6) is 0 Å². The van der Waals surface area contributed by atoms with Crippen molar-refractivity contribution >= 4 is 11.0 Å². The molecule has 1 saturated heterocycles. The van der Waals surface area contributed by atoms with E-state index in [2.05, 4.69) is 16.9 Å². The van der Waals surface area contributed by atoms with Crippen LogP contribution in [0.25, 0.3) is 0 Å². The molecular formula is C12H17N3OS. The molecule has 0 saturated carbocycles. The summed E-state index contributed by atoms with van der Waals surface area (Å²) in [6.45, 7) is 2.10. The van der Waals surface area contributed by atoms with Gasteiger partial charge in [0.05, 0.1) is 10.4 Å². The molecule has 0 bridgehead atoms. The number of nitrogens with zero attached hydrogens (tertiary/aromatic N) is 3. The zero-order chi connectivity index (χ0) is 12.0. The van der Waals surface area contributed by atoms with Gasteiger partial charge in [-0.3, -0.25) is 4.98 Å². The average molecular weight is 251 g/mol. The normalized spacial score (nSPS) is 28.5. The smallest absolute Gasteiger partial charge is 0.128 e. The van der Waals surface area contributed by atoms with E-state index < -0.39 is 11.0 Å². The van der Waals surface area contributed by atoms with E-state index in [0.717, 1.165) is 30.8 Å². The fraction of sp³-hybridized carbons (Fsp3) is 0.583. The van der Waals surface area contributed by atoms with Gasteiger partial charge in [0.15, 0.2) is 0 Å². The summed E-state index contributed by atoms with van der Waals surface area (Å²) in [7, 11) is 3.10. The standard InChI is InChI=1S/C12H17N3OS/c1-14-7-4-12(5-8-14)10-9-13-6-3-11(10)17(16)15(12)2/h3,6,9H,4-5,7-8H2,1-2H3. The van der Waals surface area contributed by atoms with Gasteiger partial charge in [-0.05, 0) is 39.0 Å². The lowest BCUT2D eigenvalue weighted by Crippen LogP contribution is -2.48. The Labute approximate surface area is 104 Å². The zero-order valence-electron chi connectivity index (χ0n) is 10.2. The summed E-state index contributed by atoms with van der Waals surface area (Å²) in [5.74, 6) is 0. The number of likely N-dealkylation sites (tertiary alicyclic amines) is 1. The predicted octanol–water partition coefficient (Wildman–Crippen LogP) is 0.970. The molecule has 0 amide bonds. The maximum Gasteiger partial charge on any atom is 0.128 e. The van der Waals surface area contributed by atoms with Crippen molar-refractivity contribution in [3.05, 3.63) is 24.0 Å². The number of piperidine rings is 1. The van der Waals surface area contributed by atoms with Crippen molar-refractivity contribution in [1.82, 2.24) is 14.2 Å². The minimum Gasteiger partial charge on any atom is -0.306 e. The first-order valence-electron chi connectivity index (χ1n) is 5.94. The topological polar surface area (TPSA) is 36.4 Å². The minimum atomic E-state index is -1.02. The number of rotatable bonds is 0. The second kappa shape index (κ2) is 3.86. The van der Waals surface area contributed by atoms with E-state index in [0.29, 0.717) is 0 Å². The van der Waals surface area contributed by atoms with E-state index in [-0.39, 0.29) is 5.54 Å². The molecule has 1 fully saturated rings. The molecule has 17 heavy (non-hydrogen) atoms. The lowest BCUT2D eigenvalue weighted by Gasteiger charge is -2.41. The molecule has 0 aromatic carbocycles. The molecule has 2 aliphatic rings. The third kappa shape index (κ3) is 1.49. The summed E-state index contributed by atoms with van der Waals surface area (Å²) < 4.78 is 14.4.